The Balaban J connectivity index is 1.75. The van der Waals surface area contributed by atoms with Crippen LogP contribution < -0.4 is 27.3 Å². The first-order chi connectivity index (χ1) is 15.7. The number of ether oxygens (including phenoxy) is 1. The minimum absolute atomic E-state index is 0.00940. The van der Waals surface area contributed by atoms with Gasteiger partial charge in [0.1, 0.15) is 5.75 Å². The molecule has 0 radical (unpaired) electrons. The molecule has 4 rings (SSSR count). The summed E-state index contributed by atoms with van der Waals surface area (Å²) in [5.74, 6) is -1.53. The average Bonchev–Trinajstić information content (AvgIpc) is 2.77. The summed E-state index contributed by atoms with van der Waals surface area (Å²) in [5, 5.41) is 9.32. The number of carbonyl (C=O) groups is 2. The van der Waals surface area contributed by atoms with Gasteiger partial charge in [0.2, 0.25) is 0 Å². The van der Waals surface area contributed by atoms with Crippen molar-refractivity contribution in [2.45, 2.75) is 31.8 Å². The molecule has 2 heterocycles. The molecule has 11 heteroatoms. The van der Waals surface area contributed by atoms with Crippen molar-refractivity contribution in [2.75, 3.05) is 12.3 Å². The second kappa shape index (κ2) is 8.72. The fourth-order valence-corrected chi connectivity index (χ4v) is 4.46. The van der Waals surface area contributed by atoms with Crippen molar-refractivity contribution < 1.29 is 19.4 Å². The number of nitrogen functional groups attached to an aromatic ring is 1. The Morgan fingerprint density at radius 1 is 1.24 bits per heavy atom. The number of nitrogens with one attached hydrogen (secondary N) is 1. The number of carbonyl (C=O) groups excluding carboxylic acids is 1. The Morgan fingerprint density at radius 3 is 2.70 bits per heavy atom. The molecule has 3 aromatic rings. The lowest BCUT2D eigenvalue weighted by Crippen LogP contribution is -2.40. The molecule has 1 aromatic heterocycles. The van der Waals surface area contributed by atoms with Crippen molar-refractivity contribution in [3.05, 3.63) is 66.7 Å². The van der Waals surface area contributed by atoms with Gasteiger partial charge in [0.25, 0.3) is 0 Å². The molecule has 1 aliphatic heterocycles. The third kappa shape index (κ3) is 4.22. The zero-order chi connectivity index (χ0) is 23.9. The molecule has 0 saturated heterocycles. The molecule has 0 aliphatic carbocycles. The van der Waals surface area contributed by atoms with Gasteiger partial charge in [-0.2, -0.15) is 0 Å². The Bertz CT molecular complexity index is 1410. The number of aryl methyl sites for hydroxylation is 1. The second-order valence-corrected chi connectivity index (χ2v) is 8.29. The molecule has 0 saturated carbocycles. The first-order valence-electron chi connectivity index (χ1n) is 10.2. The Kier molecular flexibility index (Phi) is 5.96. The summed E-state index contributed by atoms with van der Waals surface area (Å²) >= 11 is 6.14. The highest BCUT2D eigenvalue weighted by molar-refractivity contribution is 6.31. The molecule has 33 heavy (non-hydrogen) atoms. The minimum atomic E-state index is -1.20. The van der Waals surface area contributed by atoms with E-state index < -0.39 is 29.7 Å². The predicted octanol–water partition coefficient (Wildman–Crippen LogP) is 1.61. The lowest BCUT2D eigenvalue weighted by atomic mass is 9.92. The van der Waals surface area contributed by atoms with Crippen LogP contribution in [0.15, 0.2) is 33.9 Å². The van der Waals surface area contributed by atoms with Gasteiger partial charge in [0.15, 0.2) is 12.4 Å². The zero-order valence-electron chi connectivity index (χ0n) is 17.4. The van der Waals surface area contributed by atoms with Crippen LogP contribution in [-0.2, 0) is 17.8 Å². The molecule has 1 aliphatic rings. The number of benzene rings is 2. The van der Waals surface area contributed by atoms with Crippen LogP contribution in [0.2, 0.25) is 5.02 Å². The van der Waals surface area contributed by atoms with E-state index in [9.17, 15) is 19.2 Å². The van der Waals surface area contributed by atoms with Crippen LogP contribution >= 0.6 is 11.6 Å². The number of aromatic nitrogens is 2. The van der Waals surface area contributed by atoms with Crippen LogP contribution in [0.4, 0.5) is 5.69 Å². The van der Waals surface area contributed by atoms with E-state index in [-0.39, 0.29) is 35.7 Å². The van der Waals surface area contributed by atoms with Crippen molar-refractivity contribution in [2.24, 2.45) is 5.73 Å². The van der Waals surface area contributed by atoms with E-state index in [0.29, 0.717) is 34.5 Å². The average molecular weight is 473 g/mol. The van der Waals surface area contributed by atoms with Crippen LogP contribution in [0.5, 0.6) is 5.75 Å². The Labute approximate surface area is 191 Å². The summed E-state index contributed by atoms with van der Waals surface area (Å²) in [7, 11) is 0. The van der Waals surface area contributed by atoms with E-state index in [1.54, 1.807) is 12.1 Å². The number of Topliss-reactive ketones (excluding diaryl/α,β-unsaturated/α-hetero) is 1. The smallest absolute Gasteiger partial charge is 0.341 e. The molecular formula is C22H21ClN4O6. The zero-order valence-corrected chi connectivity index (χ0v) is 18.1. The molecule has 0 fully saturated rings. The molecule has 0 spiro atoms. The van der Waals surface area contributed by atoms with Crippen molar-refractivity contribution in [3.63, 3.8) is 0 Å². The number of ketones is 1. The number of aromatic amines is 1. The standard InChI is InChI=1S/C22H21ClN4O6/c23-12-5-11-1-2-13(27-20(11)15(6-12)26-21(31)22(27)32)7-16(28)14-3-10(8-24)4-17(19(14)25)33-9-18(29)30/h3-6,13H,1-2,7-9,24-25H2,(H,26,31)(H,29,30)/t13-/m0/s1. The van der Waals surface area contributed by atoms with E-state index in [2.05, 4.69) is 4.98 Å². The van der Waals surface area contributed by atoms with Gasteiger partial charge in [-0.15, -0.1) is 0 Å². The predicted molar refractivity (Wildman–Crippen MR) is 122 cm³/mol. The summed E-state index contributed by atoms with van der Waals surface area (Å²) in [5.41, 5.74) is 12.7. The van der Waals surface area contributed by atoms with E-state index in [1.165, 1.54) is 16.7 Å². The highest BCUT2D eigenvalue weighted by Crippen LogP contribution is 2.34. The first-order valence-corrected chi connectivity index (χ1v) is 10.5. The van der Waals surface area contributed by atoms with E-state index in [4.69, 9.17) is 32.9 Å². The van der Waals surface area contributed by atoms with Crippen molar-refractivity contribution in [3.8, 4) is 5.75 Å². The number of H-pyrrole nitrogens is 1. The number of carboxylic acid groups (broad SMARTS) is 1. The minimum Gasteiger partial charge on any atom is -0.480 e. The summed E-state index contributed by atoms with van der Waals surface area (Å²) in [6, 6.07) is 5.74. The second-order valence-electron chi connectivity index (χ2n) is 7.85. The number of carboxylic acids is 1. The van der Waals surface area contributed by atoms with Crippen LogP contribution in [0.3, 0.4) is 0 Å². The molecule has 6 N–H and O–H groups in total. The van der Waals surface area contributed by atoms with Crippen LogP contribution in [0, 0.1) is 0 Å². The van der Waals surface area contributed by atoms with Crippen molar-refractivity contribution >= 4 is 40.1 Å². The molecule has 0 amide bonds. The number of rotatable bonds is 7. The number of nitrogens with two attached hydrogens (primary N) is 2. The molecule has 10 nitrogen and oxygen atoms in total. The van der Waals surface area contributed by atoms with Crippen LogP contribution in [0.25, 0.3) is 11.0 Å². The maximum atomic E-state index is 13.3. The highest BCUT2D eigenvalue weighted by atomic mass is 35.5. The third-order valence-electron chi connectivity index (χ3n) is 5.68. The first kappa shape index (κ1) is 22.6. The SMILES string of the molecule is NCc1cc(OCC(=O)O)c(N)c(C(=O)C[C@@H]2CCc3cc(Cl)cc4[nH]c(=O)c(=O)n2c34)c1. The monoisotopic (exact) mass is 472 g/mol. The summed E-state index contributed by atoms with van der Waals surface area (Å²) in [6.45, 7) is -0.552. The van der Waals surface area contributed by atoms with E-state index >= 15 is 0 Å². The lowest BCUT2D eigenvalue weighted by molar-refractivity contribution is -0.139. The van der Waals surface area contributed by atoms with Gasteiger partial charge >= 0.3 is 17.1 Å². The van der Waals surface area contributed by atoms with Crippen LogP contribution in [0.1, 0.15) is 40.4 Å². The molecule has 0 bridgehead atoms. The Morgan fingerprint density at radius 2 is 2.00 bits per heavy atom. The van der Waals surface area contributed by atoms with E-state index in [0.717, 1.165) is 5.56 Å². The molecule has 2 aromatic carbocycles. The number of hydrogen-bond donors (Lipinski definition) is 4. The summed E-state index contributed by atoms with van der Waals surface area (Å²) < 4.78 is 6.57. The largest absolute Gasteiger partial charge is 0.480 e. The molecular weight excluding hydrogens is 452 g/mol. The number of halogens is 1. The maximum Gasteiger partial charge on any atom is 0.341 e. The summed E-state index contributed by atoms with van der Waals surface area (Å²) in [6.07, 6.45) is 0.902. The fraction of sp³-hybridized carbons (Fsp3) is 0.273. The normalized spacial score (nSPS) is 14.9. The van der Waals surface area contributed by atoms with Crippen molar-refractivity contribution in [1.29, 1.82) is 0 Å². The van der Waals surface area contributed by atoms with Gasteiger partial charge in [0, 0.05) is 29.6 Å². The summed E-state index contributed by atoms with van der Waals surface area (Å²) in [4.78, 5) is 51.7. The lowest BCUT2D eigenvalue weighted by Gasteiger charge is -2.27. The van der Waals surface area contributed by atoms with Gasteiger partial charge in [-0.25, -0.2) is 4.79 Å². The number of aliphatic carboxylic acids is 1. The highest BCUT2D eigenvalue weighted by Gasteiger charge is 2.28. The molecule has 172 valence electrons. The van der Waals surface area contributed by atoms with Crippen LogP contribution in [-0.4, -0.2) is 33.0 Å². The number of nitrogens with zero attached hydrogens (tertiary/aromatic N) is 1. The van der Waals surface area contributed by atoms with Gasteiger partial charge in [-0.3, -0.25) is 19.0 Å². The topological polar surface area (TPSA) is 170 Å². The number of hydrogen-bond acceptors (Lipinski definition) is 7. The molecule has 1 atom stereocenters. The molecule has 0 unspecified atom stereocenters. The fourth-order valence-electron chi connectivity index (χ4n) is 4.22. The quantitative estimate of drug-likeness (QED) is 0.228. The van der Waals surface area contributed by atoms with Gasteiger partial charge in [-0.1, -0.05) is 11.6 Å². The van der Waals surface area contributed by atoms with Gasteiger partial charge in [0.05, 0.1) is 16.7 Å². The van der Waals surface area contributed by atoms with E-state index in [1.807, 2.05) is 0 Å². The van der Waals surface area contributed by atoms with Gasteiger partial charge in [-0.05, 0) is 48.2 Å². The van der Waals surface area contributed by atoms with Crippen molar-refractivity contribution in [1.82, 2.24) is 9.55 Å². The maximum absolute atomic E-state index is 13.3. The van der Waals surface area contributed by atoms with Gasteiger partial charge < -0.3 is 26.3 Å². The number of anilines is 1. The third-order valence-corrected chi connectivity index (χ3v) is 5.90. The Hall–Kier alpha value is -3.63.